The minimum absolute atomic E-state index is 0.389. The summed E-state index contributed by atoms with van der Waals surface area (Å²) in [5.41, 5.74) is 7.13. The number of hydrogen-bond donors (Lipinski definition) is 2. The van der Waals surface area contributed by atoms with Gasteiger partial charge in [-0.15, -0.1) is 0 Å². The molecule has 1 aromatic heterocycles. The van der Waals surface area contributed by atoms with Gasteiger partial charge in [0.1, 0.15) is 17.5 Å². The number of nitrogens with zero attached hydrogens (tertiary/aromatic N) is 2. The number of nitrogens with one attached hydrogen (secondary N) is 1. The van der Waals surface area contributed by atoms with E-state index in [-0.39, 0.29) is 0 Å². The molecule has 82 valence electrons. The Morgan fingerprint density at radius 1 is 1.33 bits per heavy atom. The third-order valence-electron chi connectivity index (χ3n) is 3.12. The van der Waals surface area contributed by atoms with Crippen LogP contribution in [0.15, 0.2) is 0 Å². The maximum atomic E-state index is 5.79. The maximum Gasteiger partial charge on any atom is 0.134 e. The largest absolute Gasteiger partial charge is 0.383 e. The van der Waals surface area contributed by atoms with E-state index in [1.807, 2.05) is 13.8 Å². The van der Waals surface area contributed by atoms with Crippen molar-refractivity contribution in [3.63, 3.8) is 0 Å². The fourth-order valence-electron chi connectivity index (χ4n) is 1.67. The molecule has 4 nitrogen and oxygen atoms in total. The second-order valence-electron chi connectivity index (χ2n) is 5.02. The van der Waals surface area contributed by atoms with E-state index in [2.05, 4.69) is 29.1 Å². The van der Waals surface area contributed by atoms with Crippen molar-refractivity contribution in [3.8, 4) is 0 Å². The Morgan fingerprint density at radius 3 is 2.47 bits per heavy atom. The monoisotopic (exact) mass is 206 g/mol. The van der Waals surface area contributed by atoms with Crippen molar-refractivity contribution in [1.82, 2.24) is 9.97 Å². The molecule has 1 saturated carbocycles. The maximum absolute atomic E-state index is 5.79. The van der Waals surface area contributed by atoms with Crippen molar-refractivity contribution in [2.24, 2.45) is 5.41 Å². The predicted molar refractivity (Wildman–Crippen MR) is 61.7 cm³/mol. The zero-order valence-corrected chi connectivity index (χ0v) is 9.76. The molecular weight excluding hydrogens is 188 g/mol. The Bertz CT molecular complexity index is 398. The molecule has 4 heteroatoms. The lowest BCUT2D eigenvalue weighted by atomic mass is 10.2. The van der Waals surface area contributed by atoms with E-state index in [4.69, 9.17) is 5.73 Å². The minimum Gasteiger partial charge on any atom is -0.383 e. The van der Waals surface area contributed by atoms with Crippen molar-refractivity contribution in [1.29, 1.82) is 0 Å². The molecule has 15 heavy (non-hydrogen) atoms. The standard InChI is InChI=1S/C11H18N4/c1-6-9(12)13-7(2)14-10(6)15-8-5-11(8,3)4/h8H,5H2,1-4H3,(H3,12,13,14,15). The van der Waals surface area contributed by atoms with Crippen molar-refractivity contribution in [3.05, 3.63) is 11.4 Å². The Morgan fingerprint density at radius 2 is 1.93 bits per heavy atom. The van der Waals surface area contributed by atoms with Gasteiger partial charge in [-0.25, -0.2) is 9.97 Å². The Labute approximate surface area is 90.3 Å². The van der Waals surface area contributed by atoms with Gasteiger partial charge in [0, 0.05) is 11.6 Å². The SMILES string of the molecule is Cc1nc(N)c(C)c(NC2CC2(C)C)n1. The van der Waals surface area contributed by atoms with Crippen molar-refractivity contribution in [2.45, 2.75) is 40.2 Å². The molecule has 2 rings (SSSR count). The van der Waals surface area contributed by atoms with Crippen LogP contribution in [-0.2, 0) is 0 Å². The summed E-state index contributed by atoms with van der Waals surface area (Å²) < 4.78 is 0. The van der Waals surface area contributed by atoms with Gasteiger partial charge in [0.25, 0.3) is 0 Å². The summed E-state index contributed by atoms with van der Waals surface area (Å²) in [6.45, 7) is 8.31. The first-order chi connectivity index (χ1) is 6.90. The number of hydrogen-bond acceptors (Lipinski definition) is 4. The van der Waals surface area contributed by atoms with E-state index in [1.54, 1.807) is 0 Å². The second kappa shape index (κ2) is 3.08. The fraction of sp³-hybridized carbons (Fsp3) is 0.636. The third kappa shape index (κ3) is 1.89. The van der Waals surface area contributed by atoms with E-state index in [0.717, 1.165) is 17.2 Å². The highest BCUT2D eigenvalue weighted by atomic mass is 15.1. The number of nitrogens with two attached hydrogens (primary N) is 1. The molecule has 0 radical (unpaired) electrons. The molecule has 1 fully saturated rings. The zero-order valence-electron chi connectivity index (χ0n) is 9.76. The molecule has 0 aromatic carbocycles. The van der Waals surface area contributed by atoms with Gasteiger partial charge in [-0.3, -0.25) is 0 Å². The normalized spacial score (nSPS) is 22.5. The predicted octanol–water partition coefficient (Wildman–Crippen LogP) is 1.89. The minimum atomic E-state index is 0.389. The van der Waals surface area contributed by atoms with Crippen LogP contribution >= 0.6 is 0 Å². The van der Waals surface area contributed by atoms with Gasteiger partial charge in [0.05, 0.1) is 0 Å². The van der Waals surface area contributed by atoms with Gasteiger partial charge < -0.3 is 11.1 Å². The summed E-state index contributed by atoms with van der Waals surface area (Å²) in [6.07, 6.45) is 1.19. The summed E-state index contributed by atoms with van der Waals surface area (Å²) in [7, 11) is 0. The average Bonchev–Trinajstić information content (AvgIpc) is 2.69. The molecule has 0 saturated heterocycles. The summed E-state index contributed by atoms with van der Waals surface area (Å²) >= 11 is 0. The van der Waals surface area contributed by atoms with Crippen LogP contribution in [0.1, 0.15) is 31.7 Å². The van der Waals surface area contributed by atoms with Crippen LogP contribution in [-0.4, -0.2) is 16.0 Å². The molecule has 1 unspecified atom stereocenters. The molecule has 0 spiro atoms. The first kappa shape index (κ1) is 10.2. The van der Waals surface area contributed by atoms with Gasteiger partial charge in [-0.1, -0.05) is 13.8 Å². The van der Waals surface area contributed by atoms with Gasteiger partial charge in [-0.05, 0) is 25.7 Å². The molecule has 0 bridgehead atoms. The lowest BCUT2D eigenvalue weighted by Gasteiger charge is -2.11. The average molecular weight is 206 g/mol. The molecule has 1 aliphatic carbocycles. The van der Waals surface area contributed by atoms with Crippen molar-refractivity contribution < 1.29 is 0 Å². The Balaban J connectivity index is 2.22. The van der Waals surface area contributed by atoms with E-state index < -0.39 is 0 Å². The summed E-state index contributed by atoms with van der Waals surface area (Å²) in [5, 5.41) is 3.42. The molecule has 0 amide bonds. The topological polar surface area (TPSA) is 63.8 Å². The first-order valence-corrected chi connectivity index (χ1v) is 5.27. The number of rotatable bonds is 2. The Kier molecular flexibility index (Phi) is 2.10. The molecule has 1 heterocycles. The zero-order chi connectivity index (χ0) is 11.2. The van der Waals surface area contributed by atoms with Gasteiger partial charge >= 0.3 is 0 Å². The highest BCUT2D eigenvalue weighted by Crippen LogP contribution is 2.46. The number of anilines is 2. The van der Waals surface area contributed by atoms with E-state index in [1.165, 1.54) is 6.42 Å². The molecule has 1 atom stereocenters. The second-order valence-corrected chi connectivity index (χ2v) is 5.02. The summed E-state index contributed by atoms with van der Waals surface area (Å²) in [4.78, 5) is 8.50. The quantitative estimate of drug-likeness (QED) is 0.775. The van der Waals surface area contributed by atoms with Crippen LogP contribution < -0.4 is 11.1 Å². The van der Waals surface area contributed by atoms with Gasteiger partial charge in [-0.2, -0.15) is 0 Å². The molecule has 0 aliphatic heterocycles. The number of aryl methyl sites for hydroxylation is 1. The van der Waals surface area contributed by atoms with E-state index in [9.17, 15) is 0 Å². The molecule has 1 aliphatic rings. The van der Waals surface area contributed by atoms with E-state index >= 15 is 0 Å². The first-order valence-electron chi connectivity index (χ1n) is 5.27. The molecular formula is C11H18N4. The van der Waals surface area contributed by atoms with Crippen LogP contribution in [0.3, 0.4) is 0 Å². The van der Waals surface area contributed by atoms with Gasteiger partial charge in [0.2, 0.25) is 0 Å². The summed E-state index contributed by atoms with van der Waals surface area (Å²) in [5.74, 6) is 2.18. The Hall–Kier alpha value is -1.32. The number of aromatic nitrogens is 2. The summed E-state index contributed by atoms with van der Waals surface area (Å²) in [6, 6.07) is 0.518. The van der Waals surface area contributed by atoms with Crippen LogP contribution in [0, 0.1) is 19.3 Å². The van der Waals surface area contributed by atoms with E-state index in [0.29, 0.717) is 17.3 Å². The van der Waals surface area contributed by atoms with Gasteiger partial charge in [0.15, 0.2) is 0 Å². The van der Waals surface area contributed by atoms with Crippen LogP contribution in [0.2, 0.25) is 0 Å². The lowest BCUT2D eigenvalue weighted by molar-refractivity contribution is 0.629. The van der Waals surface area contributed by atoms with Crippen LogP contribution in [0.5, 0.6) is 0 Å². The van der Waals surface area contributed by atoms with Crippen LogP contribution in [0.4, 0.5) is 11.6 Å². The lowest BCUT2D eigenvalue weighted by Crippen LogP contribution is -2.13. The van der Waals surface area contributed by atoms with Crippen molar-refractivity contribution >= 4 is 11.6 Å². The smallest absolute Gasteiger partial charge is 0.134 e. The fourth-order valence-corrected chi connectivity index (χ4v) is 1.67. The van der Waals surface area contributed by atoms with Crippen LogP contribution in [0.25, 0.3) is 0 Å². The third-order valence-corrected chi connectivity index (χ3v) is 3.12. The highest BCUT2D eigenvalue weighted by Gasteiger charge is 2.46. The molecule has 1 aromatic rings. The number of nitrogen functional groups attached to an aromatic ring is 1. The van der Waals surface area contributed by atoms with Crippen molar-refractivity contribution in [2.75, 3.05) is 11.1 Å². The molecule has 3 N–H and O–H groups in total. The highest BCUT2D eigenvalue weighted by molar-refractivity contribution is 5.56.